The van der Waals surface area contributed by atoms with Gasteiger partial charge in [0.25, 0.3) is 0 Å². The van der Waals surface area contributed by atoms with Crippen LogP contribution >= 0.6 is 0 Å². The molecule has 3 nitrogen and oxygen atoms in total. The maximum atomic E-state index is 13.7. The Balaban J connectivity index is 1.97. The second-order valence-corrected chi connectivity index (χ2v) is 5.04. The summed E-state index contributed by atoms with van der Waals surface area (Å²) < 4.78 is 19.1. The molecule has 0 aliphatic heterocycles. The number of nitrogens with two attached hydrogens (primary N) is 1. The SMILES string of the molecule is NCc1ccc(OCC2(O)CCCCC2)c(F)c1. The van der Waals surface area contributed by atoms with Gasteiger partial charge in [-0.3, -0.25) is 0 Å². The number of aliphatic hydroxyl groups is 1. The first-order chi connectivity index (χ1) is 8.63. The van der Waals surface area contributed by atoms with Gasteiger partial charge in [-0.15, -0.1) is 0 Å². The van der Waals surface area contributed by atoms with E-state index in [2.05, 4.69) is 0 Å². The molecule has 0 amide bonds. The van der Waals surface area contributed by atoms with E-state index >= 15 is 0 Å². The normalized spacial score (nSPS) is 18.6. The summed E-state index contributed by atoms with van der Waals surface area (Å²) >= 11 is 0. The highest BCUT2D eigenvalue weighted by molar-refractivity contribution is 5.29. The van der Waals surface area contributed by atoms with E-state index in [1.807, 2.05) is 0 Å². The summed E-state index contributed by atoms with van der Waals surface area (Å²) in [6.45, 7) is 0.465. The summed E-state index contributed by atoms with van der Waals surface area (Å²) in [4.78, 5) is 0. The zero-order valence-corrected chi connectivity index (χ0v) is 10.5. The molecule has 2 rings (SSSR count). The van der Waals surface area contributed by atoms with Crippen molar-refractivity contribution in [2.75, 3.05) is 6.61 Å². The Morgan fingerprint density at radius 3 is 2.61 bits per heavy atom. The zero-order chi connectivity index (χ0) is 13.0. The summed E-state index contributed by atoms with van der Waals surface area (Å²) in [5, 5.41) is 10.3. The number of benzene rings is 1. The Kier molecular flexibility index (Phi) is 4.19. The second kappa shape index (κ2) is 5.67. The van der Waals surface area contributed by atoms with Crippen molar-refractivity contribution in [3.63, 3.8) is 0 Å². The standard InChI is InChI=1S/C14H20FNO2/c15-12-8-11(9-16)4-5-13(12)18-10-14(17)6-2-1-3-7-14/h4-5,8,17H,1-3,6-7,9-10,16H2. The summed E-state index contributed by atoms with van der Waals surface area (Å²) in [7, 11) is 0. The fraction of sp³-hybridized carbons (Fsp3) is 0.571. The van der Waals surface area contributed by atoms with Crippen LogP contribution in [0.3, 0.4) is 0 Å². The van der Waals surface area contributed by atoms with Gasteiger partial charge >= 0.3 is 0 Å². The maximum Gasteiger partial charge on any atom is 0.165 e. The Bertz CT molecular complexity index is 403. The monoisotopic (exact) mass is 253 g/mol. The van der Waals surface area contributed by atoms with Crippen molar-refractivity contribution in [3.8, 4) is 5.75 Å². The lowest BCUT2D eigenvalue weighted by Crippen LogP contribution is -2.38. The van der Waals surface area contributed by atoms with Crippen LogP contribution in [-0.4, -0.2) is 17.3 Å². The van der Waals surface area contributed by atoms with Gasteiger partial charge in [-0.2, -0.15) is 0 Å². The molecule has 1 aliphatic rings. The van der Waals surface area contributed by atoms with Gasteiger partial charge in [-0.25, -0.2) is 4.39 Å². The van der Waals surface area contributed by atoms with Gasteiger partial charge < -0.3 is 15.6 Å². The molecule has 0 atom stereocenters. The molecule has 1 aromatic carbocycles. The molecule has 1 aromatic rings. The highest BCUT2D eigenvalue weighted by Crippen LogP contribution is 2.29. The smallest absolute Gasteiger partial charge is 0.165 e. The molecular weight excluding hydrogens is 233 g/mol. The van der Waals surface area contributed by atoms with Crippen LogP contribution in [0.5, 0.6) is 5.75 Å². The minimum absolute atomic E-state index is 0.159. The highest BCUT2D eigenvalue weighted by Gasteiger charge is 2.30. The average Bonchev–Trinajstić information content (AvgIpc) is 2.38. The maximum absolute atomic E-state index is 13.7. The number of hydrogen-bond acceptors (Lipinski definition) is 3. The van der Waals surface area contributed by atoms with Gasteiger partial charge in [0.15, 0.2) is 11.6 Å². The fourth-order valence-corrected chi connectivity index (χ4v) is 2.35. The van der Waals surface area contributed by atoms with Crippen molar-refractivity contribution in [1.29, 1.82) is 0 Å². The van der Waals surface area contributed by atoms with E-state index in [-0.39, 0.29) is 12.4 Å². The van der Waals surface area contributed by atoms with Crippen molar-refractivity contribution in [2.45, 2.75) is 44.2 Å². The molecule has 0 unspecified atom stereocenters. The molecule has 1 saturated carbocycles. The molecule has 0 heterocycles. The number of hydrogen-bond donors (Lipinski definition) is 2. The van der Waals surface area contributed by atoms with E-state index < -0.39 is 11.4 Å². The van der Waals surface area contributed by atoms with Crippen molar-refractivity contribution < 1.29 is 14.2 Å². The lowest BCUT2D eigenvalue weighted by atomic mass is 9.85. The molecule has 3 N–H and O–H groups in total. The minimum Gasteiger partial charge on any atom is -0.488 e. The topological polar surface area (TPSA) is 55.5 Å². The minimum atomic E-state index is -0.794. The van der Waals surface area contributed by atoms with Crippen LogP contribution in [0.25, 0.3) is 0 Å². The predicted octanol–water partition coefficient (Wildman–Crippen LogP) is 2.36. The van der Waals surface area contributed by atoms with E-state index in [1.54, 1.807) is 12.1 Å². The number of halogens is 1. The Hall–Kier alpha value is -1.13. The number of rotatable bonds is 4. The van der Waals surface area contributed by atoms with Gasteiger partial charge in [0.05, 0.1) is 5.60 Å². The molecule has 0 saturated heterocycles. The lowest BCUT2D eigenvalue weighted by Gasteiger charge is -2.31. The van der Waals surface area contributed by atoms with Crippen LogP contribution in [0, 0.1) is 5.82 Å². The Morgan fingerprint density at radius 2 is 2.00 bits per heavy atom. The van der Waals surface area contributed by atoms with Gasteiger partial charge in [-0.05, 0) is 30.5 Å². The Morgan fingerprint density at radius 1 is 1.28 bits per heavy atom. The zero-order valence-electron chi connectivity index (χ0n) is 10.5. The van der Waals surface area contributed by atoms with Crippen LogP contribution in [0.2, 0.25) is 0 Å². The molecule has 1 fully saturated rings. The van der Waals surface area contributed by atoms with Crippen molar-refractivity contribution >= 4 is 0 Å². The molecule has 0 spiro atoms. The van der Waals surface area contributed by atoms with Crippen molar-refractivity contribution in [1.82, 2.24) is 0 Å². The van der Waals surface area contributed by atoms with Gasteiger partial charge in [0.2, 0.25) is 0 Å². The summed E-state index contributed by atoms with van der Waals surface area (Å²) in [5.41, 5.74) is 5.37. The van der Waals surface area contributed by atoms with E-state index in [0.29, 0.717) is 6.54 Å². The van der Waals surface area contributed by atoms with Gasteiger partial charge in [0.1, 0.15) is 6.61 Å². The van der Waals surface area contributed by atoms with E-state index in [4.69, 9.17) is 10.5 Å². The predicted molar refractivity (Wildman–Crippen MR) is 67.8 cm³/mol. The molecule has 1 aliphatic carbocycles. The first kappa shape index (κ1) is 13.3. The molecule has 18 heavy (non-hydrogen) atoms. The first-order valence-electron chi connectivity index (χ1n) is 6.47. The van der Waals surface area contributed by atoms with Crippen LogP contribution in [0.15, 0.2) is 18.2 Å². The number of ether oxygens (including phenoxy) is 1. The molecular formula is C14H20FNO2. The van der Waals surface area contributed by atoms with E-state index in [1.165, 1.54) is 6.07 Å². The molecule has 0 aromatic heterocycles. The highest BCUT2D eigenvalue weighted by atomic mass is 19.1. The largest absolute Gasteiger partial charge is 0.488 e. The third kappa shape index (κ3) is 3.21. The summed E-state index contributed by atoms with van der Waals surface area (Å²) in [5.74, 6) is -0.233. The molecule has 0 radical (unpaired) electrons. The van der Waals surface area contributed by atoms with Crippen LogP contribution < -0.4 is 10.5 Å². The van der Waals surface area contributed by atoms with Gasteiger partial charge in [0, 0.05) is 6.54 Å². The quantitative estimate of drug-likeness (QED) is 0.866. The first-order valence-corrected chi connectivity index (χ1v) is 6.47. The third-order valence-electron chi connectivity index (χ3n) is 3.51. The third-order valence-corrected chi connectivity index (χ3v) is 3.51. The molecule has 4 heteroatoms. The lowest BCUT2D eigenvalue weighted by molar-refractivity contribution is -0.0347. The van der Waals surface area contributed by atoms with Crippen molar-refractivity contribution in [2.24, 2.45) is 5.73 Å². The molecule has 100 valence electrons. The fourth-order valence-electron chi connectivity index (χ4n) is 2.35. The van der Waals surface area contributed by atoms with E-state index in [9.17, 15) is 9.50 Å². The Labute approximate surface area is 107 Å². The van der Waals surface area contributed by atoms with Crippen LogP contribution in [0.1, 0.15) is 37.7 Å². The average molecular weight is 253 g/mol. The van der Waals surface area contributed by atoms with Gasteiger partial charge in [-0.1, -0.05) is 25.3 Å². The summed E-state index contributed by atoms with van der Waals surface area (Å²) in [6.07, 6.45) is 4.63. The van der Waals surface area contributed by atoms with Crippen LogP contribution in [0.4, 0.5) is 4.39 Å². The second-order valence-electron chi connectivity index (χ2n) is 5.04. The van der Waals surface area contributed by atoms with Crippen molar-refractivity contribution in [3.05, 3.63) is 29.6 Å². The van der Waals surface area contributed by atoms with E-state index in [0.717, 1.165) is 37.7 Å². The molecule has 0 bridgehead atoms. The summed E-state index contributed by atoms with van der Waals surface area (Å²) in [6, 6.07) is 4.69. The van der Waals surface area contributed by atoms with Crippen LogP contribution in [-0.2, 0) is 6.54 Å².